The van der Waals surface area contributed by atoms with Crippen LogP contribution >= 0.6 is 0 Å². The molecule has 1 N–H and O–H groups in total. The van der Waals surface area contributed by atoms with Gasteiger partial charge in [0.25, 0.3) is 5.91 Å². The number of morpholine rings is 1. The zero-order chi connectivity index (χ0) is 14.0. The molecule has 2 amide bonds. The normalized spacial score (nSPS) is 26.3. The molecular weight excluding hydrogens is 248 g/mol. The first-order valence-electron chi connectivity index (χ1n) is 6.31. The lowest BCUT2D eigenvalue weighted by molar-refractivity contribution is -0.188. The topological polar surface area (TPSA) is 70.1 Å². The Morgan fingerprint density at radius 1 is 1.58 bits per heavy atom. The van der Waals surface area contributed by atoms with Crippen LogP contribution in [0.5, 0.6) is 0 Å². The van der Waals surface area contributed by atoms with Gasteiger partial charge in [0.05, 0.1) is 5.60 Å². The summed E-state index contributed by atoms with van der Waals surface area (Å²) in [6, 6.07) is 0. The van der Waals surface area contributed by atoms with E-state index in [-0.39, 0.29) is 12.3 Å². The number of rotatable bonds is 1. The van der Waals surface area contributed by atoms with Gasteiger partial charge in [0, 0.05) is 33.1 Å². The quantitative estimate of drug-likeness (QED) is 0.697. The summed E-state index contributed by atoms with van der Waals surface area (Å²) in [6.45, 7) is 1.36. The predicted molar refractivity (Wildman–Crippen MR) is 67.5 cm³/mol. The molecule has 1 unspecified atom stereocenters. The maximum Gasteiger partial charge on any atom is 0.407 e. The highest BCUT2D eigenvalue weighted by Gasteiger charge is 2.45. The number of carboxylic acid groups (broad SMARTS) is 1. The fraction of sp³-hybridized carbons (Fsp3) is 0.692. The molecule has 0 saturated carbocycles. The summed E-state index contributed by atoms with van der Waals surface area (Å²) in [5.74, 6) is 2.37. The minimum atomic E-state index is -0.907. The number of ether oxygens (including phenoxy) is 1. The van der Waals surface area contributed by atoms with Crippen molar-refractivity contribution in [3.63, 3.8) is 0 Å². The molecule has 1 spiro atoms. The first kappa shape index (κ1) is 13.7. The van der Waals surface area contributed by atoms with Crippen molar-refractivity contribution in [3.05, 3.63) is 0 Å². The molecule has 0 aromatic carbocycles. The fourth-order valence-corrected chi connectivity index (χ4v) is 2.76. The number of amides is 2. The molecule has 0 aromatic rings. The maximum absolute atomic E-state index is 11.9. The summed E-state index contributed by atoms with van der Waals surface area (Å²) < 4.78 is 5.91. The van der Waals surface area contributed by atoms with Crippen LogP contribution in [0.4, 0.5) is 4.79 Å². The average Bonchev–Trinajstić information content (AvgIpc) is 2.36. The maximum atomic E-state index is 11.9. The Morgan fingerprint density at radius 3 is 2.74 bits per heavy atom. The smallest absolute Gasteiger partial charge is 0.407 e. The molecule has 0 radical (unpaired) electrons. The highest BCUT2D eigenvalue weighted by molar-refractivity contribution is 5.82. The number of likely N-dealkylation sites (tertiary alicyclic amines) is 1. The van der Waals surface area contributed by atoms with Gasteiger partial charge in [-0.1, -0.05) is 0 Å². The molecule has 6 heteroatoms. The molecule has 2 aliphatic heterocycles. The summed E-state index contributed by atoms with van der Waals surface area (Å²) in [5, 5.41) is 8.95. The number of nitrogens with zero attached hydrogens (tertiary/aromatic N) is 2. The van der Waals surface area contributed by atoms with E-state index < -0.39 is 17.8 Å². The third-order valence-corrected chi connectivity index (χ3v) is 3.82. The molecule has 104 valence electrons. The van der Waals surface area contributed by atoms with Crippen molar-refractivity contribution in [1.82, 2.24) is 9.80 Å². The van der Waals surface area contributed by atoms with Gasteiger partial charge in [-0.15, -0.1) is 12.3 Å². The number of terminal acetylenes is 1. The minimum Gasteiger partial charge on any atom is -0.465 e. The predicted octanol–water partition coefficient (Wildman–Crippen LogP) is 0.379. The van der Waals surface area contributed by atoms with Gasteiger partial charge in [-0.3, -0.25) is 4.79 Å². The van der Waals surface area contributed by atoms with Gasteiger partial charge in [0.2, 0.25) is 0 Å². The Bertz CT molecular complexity index is 421. The molecule has 1 atom stereocenters. The van der Waals surface area contributed by atoms with Gasteiger partial charge >= 0.3 is 6.09 Å². The van der Waals surface area contributed by atoms with Crippen molar-refractivity contribution in [2.45, 2.75) is 31.0 Å². The Hall–Kier alpha value is -1.74. The van der Waals surface area contributed by atoms with E-state index in [1.807, 2.05) is 0 Å². The summed E-state index contributed by atoms with van der Waals surface area (Å²) in [4.78, 5) is 25.8. The summed E-state index contributed by atoms with van der Waals surface area (Å²) >= 11 is 0. The summed E-state index contributed by atoms with van der Waals surface area (Å²) in [5.41, 5.74) is -0.448. The number of carbonyl (C=O) groups is 2. The Labute approximate surface area is 112 Å². The van der Waals surface area contributed by atoms with Crippen LogP contribution < -0.4 is 0 Å². The molecule has 2 saturated heterocycles. The van der Waals surface area contributed by atoms with Gasteiger partial charge in [-0.25, -0.2) is 4.79 Å². The lowest BCUT2D eigenvalue weighted by Crippen LogP contribution is -2.61. The van der Waals surface area contributed by atoms with Crippen LogP contribution in [0.15, 0.2) is 0 Å². The van der Waals surface area contributed by atoms with Crippen molar-refractivity contribution < 1.29 is 19.4 Å². The summed E-state index contributed by atoms with van der Waals surface area (Å²) in [6.07, 6.45) is 5.20. The molecule has 0 aliphatic carbocycles. The van der Waals surface area contributed by atoms with Crippen LogP contribution in [-0.2, 0) is 9.53 Å². The second-order valence-corrected chi connectivity index (χ2v) is 5.16. The van der Waals surface area contributed by atoms with E-state index in [0.29, 0.717) is 32.5 Å². The summed E-state index contributed by atoms with van der Waals surface area (Å²) in [7, 11) is 1.74. The van der Waals surface area contributed by atoms with E-state index in [1.165, 1.54) is 4.90 Å². The molecule has 2 aliphatic rings. The minimum absolute atomic E-state index is 0.0933. The monoisotopic (exact) mass is 266 g/mol. The third kappa shape index (κ3) is 2.66. The van der Waals surface area contributed by atoms with Crippen molar-refractivity contribution in [2.75, 3.05) is 26.7 Å². The van der Waals surface area contributed by atoms with Gasteiger partial charge in [0.1, 0.15) is 6.10 Å². The van der Waals surface area contributed by atoms with E-state index in [4.69, 9.17) is 16.3 Å². The molecule has 2 rings (SSSR count). The van der Waals surface area contributed by atoms with Crippen LogP contribution in [-0.4, -0.2) is 65.3 Å². The lowest BCUT2D eigenvalue weighted by atomic mass is 9.88. The molecular formula is C13H18N2O4. The molecule has 0 bridgehead atoms. The SMILES string of the molecule is C#CCC1OC2(CCN(C(=O)O)CC2)CN(C)C1=O. The number of likely N-dealkylation sites (N-methyl/N-ethyl adjacent to an activating group) is 1. The number of carbonyl (C=O) groups excluding carboxylic acids is 1. The highest BCUT2D eigenvalue weighted by atomic mass is 16.5. The molecule has 6 nitrogen and oxygen atoms in total. The van der Waals surface area contributed by atoms with Crippen LogP contribution in [0.3, 0.4) is 0 Å². The van der Waals surface area contributed by atoms with Crippen molar-refractivity contribution in [1.29, 1.82) is 0 Å². The third-order valence-electron chi connectivity index (χ3n) is 3.82. The van der Waals surface area contributed by atoms with E-state index in [9.17, 15) is 9.59 Å². The average molecular weight is 266 g/mol. The van der Waals surface area contributed by atoms with Crippen LogP contribution in [0, 0.1) is 12.3 Å². The standard InChI is InChI=1S/C13H18N2O4/c1-3-4-10-11(16)14(2)9-13(19-10)5-7-15(8-6-13)12(17)18/h1,10H,4-9H2,2H3,(H,17,18). The van der Waals surface area contributed by atoms with Gasteiger partial charge < -0.3 is 19.6 Å². The molecule has 2 fully saturated rings. The second-order valence-electron chi connectivity index (χ2n) is 5.16. The van der Waals surface area contributed by atoms with Crippen molar-refractivity contribution >= 4 is 12.0 Å². The number of piperidine rings is 1. The molecule has 0 aromatic heterocycles. The Morgan fingerprint density at radius 2 is 2.21 bits per heavy atom. The van der Waals surface area contributed by atoms with E-state index in [0.717, 1.165) is 0 Å². The first-order valence-corrected chi connectivity index (χ1v) is 6.31. The second kappa shape index (κ2) is 5.10. The highest BCUT2D eigenvalue weighted by Crippen LogP contribution is 2.33. The van der Waals surface area contributed by atoms with E-state index in [2.05, 4.69) is 5.92 Å². The molecule has 19 heavy (non-hydrogen) atoms. The van der Waals surface area contributed by atoms with Crippen molar-refractivity contribution in [3.8, 4) is 12.3 Å². The van der Waals surface area contributed by atoms with Gasteiger partial charge in [0.15, 0.2) is 0 Å². The van der Waals surface area contributed by atoms with Crippen molar-refractivity contribution in [2.24, 2.45) is 0 Å². The van der Waals surface area contributed by atoms with Crippen LogP contribution in [0.1, 0.15) is 19.3 Å². The van der Waals surface area contributed by atoms with Gasteiger partial charge in [-0.2, -0.15) is 0 Å². The first-order chi connectivity index (χ1) is 8.97. The Kier molecular flexibility index (Phi) is 3.67. The van der Waals surface area contributed by atoms with Crippen LogP contribution in [0.25, 0.3) is 0 Å². The van der Waals surface area contributed by atoms with E-state index in [1.54, 1.807) is 11.9 Å². The number of hydrogen-bond donors (Lipinski definition) is 1. The zero-order valence-electron chi connectivity index (χ0n) is 11.0. The Balaban J connectivity index is 2.07. The molecule has 2 heterocycles. The zero-order valence-corrected chi connectivity index (χ0v) is 11.0. The number of hydrogen-bond acceptors (Lipinski definition) is 3. The largest absolute Gasteiger partial charge is 0.465 e. The lowest BCUT2D eigenvalue weighted by Gasteiger charge is -2.48. The fourth-order valence-electron chi connectivity index (χ4n) is 2.76. The van der Waals surface area contributed by atoms with Crippen LogP contribution in [0.2, 0.25) is 0 Å². The van der Waals surface area contributed by atoms with E-state index >= 15 is 0 Å². The van der Waals surface area contributed by atoms with Gasteiger partial charge in [-0.05, 0) is 12.8 Å².